The Balaban J connectivity index is 1.48. The van der Waals surface area contributed by atoms with Crippen molar-refractivity contribution < 1.29 is 29.0 Å². The maximum absolute atomic E-state index is 12.8. The second-order valence-corrected chi connectivity index (χ2v) is 9.05. The quantitative estimate of drug-likeness (QED) is 0.364. The molecule has 4 rings (SSSR count). The highest BCUT2D eigenvalue weighted by Crippen LogP contribution is 2.41. The number of tetrazole rings is 1. The molecule has 0 bridgehead atoms. The van der Waals surface area contributed by atoms with Crippen LogP contribution in [0.3, 0.4) is 0 Å². The van der Waals surface area contributed by atoms with Crippen LogP contribution in [0.5, 0.6) is 0 Å². The predicted octanol–water partition coefficient (Wildman–Crippen LogP) is 0.131. The van der Waals surface area contributed by atoms with E-state index in [0.29, 0.717) is 22.7 Å². The van der Waals surface area contributed by atoms with Gasteiger partial charge in [0.05, 0.1) is 0 Å². The summed E-state index contributed by atoms with van der Waals surface area (Å²) >= 11 is 2.56. The number of fused-ring (bicyclic) bond motifs is 1. The van der Waals surface area contributed by atoms with E-state index in [2.05, 4.69) is 20.8 Å². The summed E-state index contributed by atoms with van der Waals surface area (Å²) in [4.78, 5) is 49.7. The Bertz CT molecular complexity index is 1120. The third-order valence-corrected chi connectivity index (χ3v) is 7.43. The van der Waals surface area contributed by atoms with Gasteiger partial charge in [-0.05, 0) is 34.9 Å². The number of hydrogen-bond donors (Lipinski definition) is 2. The third kappa shape index (κ3) is 4.43. The summed E-state index contributed by atoms with van der Waals surface area (Å²) in [5.41, 5.74) is 0.898. The third-order valence-electron chi connectivity index (χ3n) is 5.03. The second kappa shape index (κ2) is 9.62. The normalized spacial score (nSPS) is 20.5. The Morgan fingerprint density at radius 1 is 1.39 bits per heavy atom. The molecular formula is C19H18N6O6S2. The van der Waals surface area contributed by atoms with E-state index >= 15 is 0 Å². The monoisotopic (exact) mass is 490 g/mol. The number of β-lactam (4-membered cyclic amide) rings is 1. The molecule has 33 heavy (non-hydrogen) atoms. The van der Waals surface area contributed by atoms with Crippen molar-refractivity contribution in [1.82, 2.24) is 29.8 Å². The van der Waals surface area contributed by atoms with Crippen molar-refractivity contribution in [3.05, 3.63) is 53.0 Å². The van der Waals surface area contributed by atoms with Crippen LogP contribution in [-0.2, 0) is 23.9 Å². The molecule has 3 heterocycles. The van der Waals surface area contributed by atoms with Crippen molar-refractivity contribution in [3.63, 3.8) is 0 Å². The van der Waals surface area contributed by atoms with Crippen LogP contribution in [0.2, 0.25) is 0 Å². The maximum Gasteiger partial charge on any atom is 0.352 e. The lowest BCUT2D eigenvalue weighted by Gasteiger charge is -2.49. The number of aliphatic carboxylic acids is 1. The first kappa shape index (κ1) is 22.8. The van der Waals surface area contributed by atoms with Crippen molar-refractivity contribution in [2.75, 3.05) is 11.5 Å². The van der Waals surface area contributed by atoms with Crippen LogP contribution in [0, 0.1) is 6.92 Å². The van der Waals surface area contributed by atoms with Gasteiger partial charge in [-0.25, -0.2) is 4.79 Å². The van der Waals surface area contributed by atoms with Gasteiger partial charge in [0.2, 0.25) is 6.10 Å². The van der Waals surface area contributed by atoms with Crippen LogP contribution < -0.4 is 5.32 Å². The molecule has 0 radical (unpaired) electrons. The average Bonchev–Trinajstić information content (AvgIpc) is 3.23. The van der Waals surface area contributed by atoms with E-state index in [1.165, 1.54) is 32.7 Å². The first-order chi connectivity index (χ1) is 15.9. The minimum absolute atomic E-state index is 0.101. The number of amides is 2. The molecule has 3 unspecified atom stereocenters. The van der Waals surface area contributed by atoms with Crippen molar-refractivity contribution >= 4 is 48.0 Å². The predicted molar refractivity (Wildman–Crippen MR) is 116 cm³/mol. The number of hydrogen-bond acceptors (Lipinski definition) is 10. The first-order valence-electron chi connectivity index (χ1n) is 9.65. The lowest BCUT2D eigenvalue weighted by molar-refractivity contribution is -0.154. The van der Waals surface area contributed by atoms with E-state index in [1.54, 1.807) is 37.3 Å². The van der Waals surface area contributed by atoms with Gasteiger partial charge in [-0.15, -0.1) is 16.9 Å². The number of carboxylic acid groups (broad SMARTS) is 1. The van der Waals surface area contributed by atoms with E-state index in [-0.39, 0.29) is 17.9 Å². The van der Waals surface area contributed by atoms with E-state index in [9.17, 15) is 24.3 Å². The minimum atomic E-state index is -1.23. The molecule has 1 fully saturated rings. The summed E-state index contributed by atoms with van der Waals surface area (Å²) in [6.45, 7) is 1.89. The number of carbonyl (C=O) groups excluding carboxylic acids is 3. The van der Waals surface area contributed by atoms with E-state index in [1.807, 2.05) is 0 Å². The highest BCUT2D eigenvalue weighted by Gasteiger charge is 2.54. The van der Waals surface area contributed by atoms with E-state index in [4.69, 9.17) is 4.74 Å². The SMILES string of the molecule is Cc1nnnn1SCC1=C(C(=O)O)N2C(=O)C(NC(=O)C(OC=O)c3ccccc3)C2SC1. The smallest absolute Gasteiger partial charge is 0.352 e. The zero-order chi connectivity index (χ0) is 23.5. The molecule has 0 spiro atoms. The van der Waals surface area contributed by atoms with Gasteiger partial charge in [0.15, 0.2) is 5.82 Å². The number of thioether (sulfide) groups is 1. The molecule has 1 aromatic carbocycles. The van der Waals surface area contributed by atoms with Crippen LogP contribution in [0.25, 0.3) is 0 Å². The Labute approximate surface area is 195 Å². The summed E-state index contributed by atoms with van der Waals surface area (Å²) in [6, 6.07) is 7.45. The summed E-state index contributed by atoms with van der Waals surface area (Å²) < 4.78 is 6.41. The van der Waals surface area contributed by atoms with E-state index < -0.39 is 35.3 Å². The van der Waals surface area contributed by atoms with Gasteiger partial charge >= 0.3 is 5.97 Å². The number of nitrogens with one attached hydrogen (secondary N) is 1. The van der Waals surface area contributed by atoms with Crippen LogP contribution in [0.1, 0.15) is 17.5 Å². The van der Waals surface area contributed by atoms with Gasteiger partial charge in [-0.1, -0.05) is 30.3 Å². The van der Waals surface area contributed by atoms with Gasteiger partial charge < -0.3 is 15.2 Å². The lowest BCUT2D eigenvalue weighted by Crippen LogP contribution is -2.71. The van der Waals surface area contributed by atoms with Crippen molar-refractivity contribution in [2.45, 2.75) is 24.4 Å². The largest absolute Gasteiger partial charge is 0.477 e. The van der Waals surface area contributed by atoms with Crippen LogP contribution in [0.4, 0.5) is 0 Å². The number of rotatable bonds is 9. The zero-order valence-electron chi connectivity index (χ0n) is 17.2. The molecular weight excluding hydrogens is 472 g/mol. The van der Waals surface area contributed by atoms with Crippen LogP contribution in [-0.4, -0.2) is 76.8 Å². The molecule has 3 atom stereocenters. The maximum atomic E-state index is 12.8. The molecule has 2 amide bonds. The number of carboxylic acids is 1. The molecule has 0 saturated carbocycles. The number of carbonyl (C=O) groups is 4. The summed E-state index contributed by atoms with van der Waals surface area (Å²) in [5, 5.41) is 22.9. The highest BCUT2D eigenvalue weighted by molar-refractivity contribution is 8.00. The molecule has 2 aromatic rings. The summed E-state index contributed by atoms with van der Waals surface area (Å²) in [5.74, 6) is -1.25. The van der Waals surface area contributed by atoms with Gasteiger partial charge in [-0.2, -0.15) is 4.09 Å². The summed E-state index contributed by atoms with van der Waals surface area (Å²) in [6.07, 6.45) is -1.22. The Morgan fingerprint density at radius 3 is 2.79 bits per heavy atom. The molecule has 2 aliphatic rings. The molecule has 2 aliphatic heterocycles. The molecule has 0 aliphatic carbocycles. The van der Waals surface area contributed by atoms with Gasteiger partial charge in [0.1, 0.15) is 17.1 Å². The van der Waals surface area contributed by atoms with Crippen molar-refractivity contribution in [1.29, 1.82) is 0 Å². The Hall–Kier alpha value is -3.39. The average molecular weight is 491 g/mol. The van der Waals surface area contributed by atoms with Crippen molar-refractivity contribution in [3.8, 4) is 0 Å². The fraction of sp³-hybridized carbons (Fsp3) is 0.316. The fourth-order valence-corrected chi connectivity index (χ4v) is 5.78. The Kier molecular flexibility index (Phi) is 6.65. The number of benzene rings is 1. The molecule has 172 valence electrons. The molecule has 12 nitrogen and oxygen atoms in total. The standard InChI is InChI=1S/C19H18N6O6S2/c1-10-21-22-23-25(10)33-8-12-7-32-18-13(17(28)24(18)14(12)19(29)30)20-16(27)15(31-9-26)11-5-3-2-4-6-11/h2-6,9,13,15,18H,7-8H2,1H3,(H,20,27)(H,29,30). The molecule has 1 saturated heterocycles. The van der Waals surface area contributed by atoms with Crippen molar-refractivity contribution in [2.24, 2.45) is 0 Å². The van der Waals surface area contributed by atoms with Crippen LogP contribution in [0.15, 0.2) is 41.6 Å². The van der Waals surface area contributed by atoms with E-state index in [0.717, 1.165) is 0 Å². The second-order valence-electron chi connectivity index (χ2n) is 7.05. The topological polar surface area (TPSA) is 157 Å². The summed E-state index contributed by atoms with van der Waals surface area (Å²) in [7, 11) is 0. The highest BCUT2D eigenvalue weighted by atomic mass is 32.2. The Morgan fingerprint density at radius 2 is 2.15 bits per heavy atom. The zero-order valence-corrected chi connectivity index (χ0v) is 18.8. The fourth-order valence-electron chi connectivity index (χ4n) is 3.48. The minimum Gasteiger partial charge on any atom is -0.477 e. The van der Waals surface area contributed by atoms with Gasteiger partial charge in [0.25, 0.3) is 18.3 Å². The molecule has 2 N–H and O–H groups in total. The van der Waals surface area contributed by atoms with Gasteiger partial charge in [0, 0.05) is 17.1 Å². The molecule has 14 heteroatoms. The first-order valence-corrected chi connectivity index (χ1v) is 11.6. The van der Waals surface area contributed by atoms with Gasteiger partial charge in [-0.3, -0.25) is 19.3 Å². The molecule has 1 aromatic heterocycles. The number of nitrogens with zero attached hydrogens (tertiary/aromatic N) is 5. The number of ether oxygens (including phenoxy) is 1. The van der Waals surface area contributed by atoms with Crippen LogP contribution >= 0.6 is 23.7 Å². The number of aromatic nitrogens is 4. The number of aryl methyl sites for hydroxylation is 1. The lowest BCUT2D eigenvalue weighted by atomic mass is 10.0.